The minimum absolute atomic E-state index is 0.0579. The third-order valence-electron chi connectivity index (χ3n) is 1.04. The summed E-state index contributed by atoms with van der Waals surface area (Å²) >= 11 is 0. The monoisotopic (exact) mass is 171 g/mol. The van der Waals surface area contributed by atoms with E-state index in [-0.39, 0.29) is 17.5 Å². The number of aliphatic carboxylic acids is 1. The van der Waals surface area contributed by atoms with Crippen molar-refractivity contribution in [1.82, 2.24) is 5.32 Å². The molecule has 0 bridgehead atoms. The topological polar surface area (TPSA) is 66.4 Å². The molecule has 0 saturated heterocycles. The lowest BCUT2D eigenvalue weighted by atomic mass is 10.2. The van der Waals surface area contributed by atoms with Gasteiger partial charge in [-0.2, -0.15) is 0 Å². The van der Waals surface area contributed by atoms with Crippen LogP contribution in [0.1, 0.15) is 20.8 Å². The van der Waals surface area contributed by atoms with Gasteiger partial charge in [-0.25, -0.2) is 4.79 Å². The number of carboxylic acids is 1. The van der Waals surface area contributed by atoms with E-state index in [1.807, 2.05) is 13.8 Å². The molecule has 0 heterocycles. The first-order chi connectivity index (χ1) is 5.43. The molecule has 0 aliphatic rings. The van der Waals surface area contributed by atoms with Crippen LogP contribution in [0.25, 0.3) is 0 Å². The van der Waals surface area contributed by atoms with Crippen LogP contribution in [0.5, 0.6) is 0 Å². The number of nitrogens with one attached hydrogen (secondary N) is 1. The van der Waals surface area contributed by atoms with Crippen molar-refractivity contribution in [3.05, 3.63) is 11.8 Å². The second-order valence-electron chi connectivity index (χ2n) is 2.81. The lowest BCUT2D eigenvalue weighted by Gasteiger charge is -2.03. The maximum atomic E-state index is 10.5. The summed E-state index contributed by atoms with van der Waals surface area (Å²) in [5.74, 6) is -1.38. The molecule has 12 heavy (non-hydrogen) atoms. The van der Waals surface area contributed by atoms with Crippen molar-refractivity contribution >= 4 is 11.9 Å². The summed E-state index contributed by atoms with van der Waals surface area (Å²) in [4.78, 5) is 21.0. The van der Waals surface area contributed by atoms with Crippen LogP contribution in [0, 0.1) is 5.92 Å². The molecule has 0 spiro atoms. The van der Waals surface area contributed by atoms with Crippen LogP contribution in [-0.4, -0.2) is 17.0 Å². The van der Waals surface area contributed by atoms with E-state index in [4.69, 9.17) is 5.11 Å². The van der Waals surface area contributed by atoms with E-state index < -0.39 is 5.97 Å². The number of hydrogen-bond acceptors (Lipinski definition) is 2. The van der Waals surface area contributed by atoms with Gasteiger partial charge in [0.15, 0.2) is 0 Å². The standard InChI is InChI=1S/C8H13NO3/c1-5(2)4-7(8(11)12)9-6(3)10/h4-5H,1-3H3,(H,9,10)(H,11,12)/b7-4-. The highest BCUT2D eigenvalue weighted by atomic mass is 16.4. The van der Waals surface area contributed by atoms with E-state index in [2.05, 4.69) is 5.32 Å². The predicted octanol–water partition coefficient (Wildman–Crippen LogP) is 0.747. The van der Waals surface area contributed by atoms with Crippen molar-refractivity contribution in [2.75, 3.05) is 0 Å². The van der Waals surface area contributed by atoms with Crippen LogP contribution >= 0.6 is 0 Å². The highest BCUT2D eigenvalue weighted by molar-refractivity contribution is 5.91. The van der Waals surface area contributed by atoms with Crippen LogP contribution in [0.4, 0.5) is 0 Å². The van der Waals surface area contributed by atoms with Crippen molar-refractivity contribution < 1.29 is 14.7 Å². The van der Waals surface area contributed by atoms with E-state index in [1.54, 1.807) is 0 Å². The molecule has 1 amide bonds. The SMILES string of the molecule is CC(=O)N/C(=C\C(C)C)C(=O)O. The van der Waals surface area contributed by atoms with Gasteiger partial charge in [0.05, 0.1) is 0 Å². The molecule has 0 fully saturated rings. The molecule has 0 aromatic carbocycles. The summed E-state index contributed by atoms with van der Waals surface area (Å²) in [5, 5.41) is 10.8. The molecule has 0 aromatic rings. The molecule has 0 atom stereocenters. The molecule has 0 aliphatic carbocycles. The Labute approximate surface area is 71.3 Å². The molecule has 0 aromatic heterocycles. The molecule has 2 N–H and O–H groups in total. The van der Waals surface area contributed by atoms with Crippen molar-refractivity contribution in [3.63, 3.8) is 0 Å². The van der Waals surface area contributed by atoms with Gasteiger partial charge in [0, 0.05) is 6.92 Å². The maximum Gasteiger partial charge on any atom is 0.352 e. The Balaban J connectivity index is 4.44. The summed E-state index contributed by atoms with van der Waals surface area (Å²) in [6, 6.07) is 0. The summed E-state index contributed by atoms with van der Waals surface area (Å²) in [5.41, 5.74) is -0.0579. The first-order valence-electron chi connectivity index (χ1n) is 3.66. The Bertz CT molecular complexity index is 218. The van der Waals surface area contributed by atoms with Gasteiger partial charge in [0.25, 0.3) is 0 Å². The number of carboxylic acid groups (broad SMARTS) is 1. The fraction of sp³-hybridized carbons (Fsp3) is 0.500. The minimum Gasteiger partial charge on any atom is -0.477 e. The van der Waals surface area contributed by atoms with Gasteiger partial charge in [-0.15, -0.1) is 0 Å². The van der Waals surface area contributed by atoms with Gasteiger partial charge in [-0.05, 0) is 5.92 Å². The molecule has 4 nitrogen and oxygen atoms in total. The second-order valence-corrected chi connectivity index (χ2v) is 2.81. The molecule has 0 saturated carbocycles. The Morgan fingerprint density at radius 3 is 2.17 bits per heavy atom. The van der Waals surface area contributed by atoms with Crippen molar-refractivity contribution in [3.8, 4) is 0 Å². The third-order valence-corrected chi connectivity index (χ3v) is 1.04. The Hall–Kier alpha value is -1.32. The van der Waals surface area contributed by atoms with Crippen molar-refractivity contribution in [2.45, 2.75) is 20.8 Å². The zero-order valence-electron chi connectivity index (χ0n) is 7.42. The quantitative estimate of drug-likeness (QED) is 0.616. The number of rotatable bonds is 3. The molecule has 0 unspecified atom stereocenters. The number of carbonyl (C=O) groups is 2. The summed E-state index contributed by atoms with van der Waals surface area (Å²) < 4.78 is 0. The highest BCUT2D eigenvalue weighted by Gasteiger charge is 2.08. The Kier molecular flexibility index (Phi) is 4.04. The van der Waals surface area contributed by atoms with Crippen LogP contribution in [0.3, 0.4) is 0 Å². The Morgan fingerprint density at radius 2 is 1.92 bits per heavy atom. The normalized spacial score (nSPS) is 11.5. The van der Waals surface area contributed by atoms with E-state index in [1.165, 1.54) is 13.0 Å². The maximum absolute atomic E-state index is 10.5. The first-order valence-corrected chi connectivity index (χ1v) is 3.66. The molecular weight excluding hydrogens is 158 g/mol. The van der Waals surface area contributed by atoms with Gasteiger partial charge in [-0.1, -0.05) is 19.9 Å². The van der Waals surface area contributed by atoms with Crippen molar-refractivity contribution in [2.24, 2.45) is 5.92 Å². The lowest BCUT2D eigenvalue weighted by Crippen LogP contribution is -2.25. The third kappa shape index (κ3) is 4.49. The molecule has 4 heteroatoms. The minimum atomic E-state index is -1.11. The summed E-state index contributed by atoms with van der Waals surface area (Å²) in [7, 11) is 0. The molecule has 0 aliphatic heterocycles. The molecule has 68 valence electrons. The molecule has 0 radical (unpaired) electrons. The van der Waals surface area contributed by atoms with E-state index in [0.29, 0.717) is 0 Å². The van der Waals surface area contributed by atoms with Gasteiger partial charge < -0.3 is 10.4 Å². The highest BCUT2D eigenvalue weighted by Crippen LogP contribution is 1.99. The van der Waals surface area contributed by atoms with Crippen LogP contribution < -0.4 is 5.32 Å². The largest absolute Gasteiger partial charge is 0.477 e. The molecule has 0 rings (SSSR count). The van der Waals surface area contributed by atoms with Gasteiger partial charge in [-0.3, -0.25) is 4.79 Å². The van der Waals surface area contributed by atoms with E-state index in [9.17, 15) is 9.59 Å². The van der Waals surface area contributed by atoms with Gasteiger partial charge >= 0.3 is 5.97 Å². The zero-order chi connectivity index (χ0) is 9.72. The average molecular weight is 171 g/mol. The van der Waals surface area contributed by atoms with E-state index >= 15 is 0 Å². The van der Waals surface area contributed by atoms with Crippen LogP contribution in [0.2, 0.25) is 0 Å². The fourth-order valence-corrected chi connectivity index (χ4v) is 0.689. The number of amides is 1. The smallest absolute Gasteiger partial charge is 0.352 e. The van der Waals surface area contributed by atoms with Crippen molar-refractivity contribution in [1.29, 1.82) is 0 Å². The van der Waals surface area contributed by atoms with Crippen LogP contribution in [-0.2, 0) is 9.59 Å². The summed E-state index contributed by atoms with van der Waals surface area (Å²) in [6.07, 6.45) is 1.49. The average Bonchev–Trinajstić information content (AvgIpc) is 1.83. The van der Waals surface area contributed by atoms with E-state index in [0.717, 1.165) is 0 Å². The number of hydrogen-bond donors (Lipinski definition) is 2. The van der Waals surface area contributed by atoms with Gasteiger partial charge in [0.2, 0.25) is 5.91 Å². The first kappa shape index (κ1) is 10.7. The lowest BCUT2D eigenvalue weighted by molar-refractivity contribution is -0.134. The number of allylic oxidation sites excluding steroid dienone is 1. The Morgan fingerprint density at radius 1 is 1.42 bits per heavy atom. The predicted molar refractivity (Wildman–Crippen MR) is 44.4 cm³/mol. The van der Waals surface area contributed by atoms with Gasteiger partial charge in [0.1, 0.15) is 5.70 Å². The molecular formula is C8H13NO3. The summed E-state index contributed by atoms with van der Waals surface area (Å²) in [6.45, 7) is 4.95. The fourth-order valence-electron chi connectivity index (χ4n) is 0.689. The second kappa shape index (κ2) is 4.54. The number of carbonyl (C=O) groups excluding carboxylic acids is 1. The van der Waals surface area contributed by atoms with Crippen LogP contribution in [0.15, 0.2) is 11.8 Å². The zero-order valence-corrected chi connectivity index (χ0v) is 7.42.